The number of imidazole rings is 1. The van der Waals surface area contributed by atoms with Gasteiger partial charge in [0.1, 0.15) is 6.04 Å². The van der Waals surface area contributed by atoms with Gasteiger partial charge >= 0.3 is 0 Å². The van der Waals surface area contributed by atoms with E-state index in [9.17, 15) is 9.59 Å². The van der Waals surface area contributed by atoms with Crippen molar-refractivity contribution in [3.8, 4) is 0 Å². The predicted octanol–water partition coefficient (Wildman–Crippen LogP) is 3.34. The maximum atomic E-state index is 12.7. The van der Waals surface area contributed by atoms with Crippen LogP contribution < -0.4 is 10.6 Å². The minimum absolute atomic E-state index is 0.155. The molecular weight excluding hydrogens is 348 g/mol. The highest BCUT2D eigenvalue weighted by atomic mass is 32.1. The lowest BCUT2D eigenvalue weighted by Gasteiger charge is -2.19. The van der Waals surface area contributed by atoms with Gasteiger partial charge in [-0.1, -0.05) is 32.0 Å². The maximum Gasteiger partial charge on any atom is 0.249 e. The van der Waals surface area contributed by atoms with E-state index in [2.05, 4.69) is 20.6 Å². The van der Waals surface area contributed by atoms with Crippen LogP contribution >= 0.6 is 11.3 Å². The molecule has 0 aliphatic heterocycles. The van der Waals surface area contributed by atoms with Crippen molar-refractivity contribution in [2.24, 2.45) is 5.92 Å². The van der Waals surface area contributed by atoms with Crippen LogP contribution in [0.1, 0.15) is 25.1 Å². The molecule has 0 radical (unpaired) electrons. The number of H-pyrrole nitrogens is 1. The van der Waals surface area contributed by atoms with Gasteiger partial charge in [-0.25, -0.2) is 4.98 Å². The summed E-state index contributed by atoms with van der Waals surface area (Å²) in [4.78, 5) is 33.4. The highest BCUT2D eigenvalue weighted by molar-refractivity contribution is 7.10. The molecule has 0 unspecified atom stereocenters. The first-order valence-electron chi connectivity index (χ1n) is 8.58. The lowest BCUT2D eigenvalue weighted by molar-refractivity contribution is -0.126. The van der Waals surface area contributed by atoms with Crippen molar-refractivity contribution in [2.75, 3.05) is 5.32 Å². The van der Waals surface area contributed by atoms with Crippen molar-refractivity contribution < 1.29 is 9.59 Å². The second-order valence-corrected chi connectivity index (χ2v) is 7.63. The van der Waals surface area contributed by atoms with Crippen molar-refractivity contribution in [1.82, 2.24) is 15.3 Å². The third-order valence-electron chi connectivity index (χ3n) is 3.90. The molecule has 0 saturated carbocycles. The summed E-state index contributed by atoms with van der Waals surface area (Å²) in [6.45, 7) is 4.04. The number of amides is 2. The van der Waals surface area contributed by atoms with E-state index in [-0.39, 0.29) is 24.2 Å². The van der Waals surface area contributed by atoms with Gasteiger partial charge in [-0.15, -0.1) is 11.3 Å². The third kappa shape index (κ3) is 4.70. The molecule has 0 fully saturated rings. The molecular formula is C19H22N4O2S. The number of nitrogens with one attached hydrogen (secondary N) is 3. The number of hydrogen-bond acceptors (Lipinski definition) is 4. The highest BCUT2D eigenvalue weighted by Crippen LogP contribution is 2.15. The van der Waals surface area contributed by atoms with Crippen LogP contribution in [-0.4, -0.2) is 27.8 Å². The van der Waals surface area contributed by atoms with Gasteiger partial charge in [0.05, 0.1) is 17.5 Å². The van der Waals surface area contributed by atoms with Crippen molar-refractivity contribution in [1.29, 1.82) is 0 Å². The van der Waals surface area contributed by atoms with Crippen LogP contribution in [0.2, 0.25) is 0 Å². The average Bonchev–Trinajstić information content (AvgIpc) is 3.22. The summed E-state index contributed by atoms with van der Waals surface area (Å²) in [6.07, 6.45) is 0.840. The van der Waals surface area contributed by atoms with Gasteiger partial charge in [0.2, 0.25) is 17.8 Å². The van der Waals surface area contributed by atoms with Crippen molar-refractivity contribution in [2.45, 2.75) is 32.7 Å². The van der Waals surface area contributed by atoms with E-state index in [1.807, 2.05) is 55.6 Å². The first kappa shape index (κ1) is 18.1. The minimum atomic E-state index is -0.601. The number of anilines is 1. The van der Waals surface area contributed by atoms with Gasteiger partial charge in [0.25, 0.3) is 0 Å². The normalized spacial score (nSPS) is 12.3. The van der Waals surface area contributed by atoms with E-state index in [0.29, 0.717) is 12.4 Å². The Bertz CT molecular complexity index is 853. The fourth-order valence-electron chi connectivity index (χ4n) is 2.74. The van der Waals surface area contributed by atoms with E-state index >= 15 is 0 Å². The third-order valence-corrected chi connectivity index (χ3v) is 4.78. The molecule has 26 heavy (non-hydrogen) atoms. The number of aromatic amines is 1. The number of fused-ring (bicyclic) bond motifs is 1. The molecule has 2 amide bonds. The molecule has 136 valence electrons. The number of thiophene rings is 1. The molecule has 0 bridgehead atoms. The molecule has 3 N–H and O–H groups in total. The number of para-hydroxylation sites is 2. The summed E-state index contributed by atoms with van der Waals surface area (Å²) in [7, 11) is 0. The molecule has 6 nitrogen and oxygen atoms in total. The van der Waals surface area contributed by atoms with E-state index < -0.39 is 6.04 Å². The number of benzene rings is 1. The van der Waals surface area contributed by atoms with Crippen LogP contribution in [0.25, 0.3) is 11.0 Å². The maximum absolute atomic E-state index is 12.7. The molecule has 2 aromatic heterocycles. The van der Waals surface area contributed by atoms with Crippen molar-refractivity contribution in [3.05, 3.63) is 46.7 Å². The molecule has 1 aromatic carbocycles. The summed E-state index contributed by atoms with van der Waals surface area (Å²) >= 11 is 1.53. The molecule has 2 heterocycles. The van der Waals surface area contributed by atoms with Gasteiger partial charge in [-0.05, 0) is 35.9 Å². The highest BCUT2D eigenvalue weighted by Gasteiger charge is 2.23. The van der Waals surface area contributed by atoms with E-state index in [1.54, 1.807) is 0 Å². The van der Waals surface area contributed by atoms with Gasteiger partial charge in [0.15, 0.2) is 0 Å². The van der Waals surface area contributed by atoms with Crippen LogP contribution in [-0.2, 0) is 16.0 Å². The summed E-state index contributed by atoms with van der Waals surface area (Å²) in [5.74, 6) is 0.232. The Morgan fingerprint density at radius 3 is 2.69 bits per heavy atom. The van der Waals surface area contributed by atoms with Crippen molar-refractivity contribution in [3.63, 3.8) is 0 Å². The Balaban J connectivity index is 1.67. The SMILES string of the molecule is CC(C)C[C@@H](NC(=O)Cc1cccs1)C(=O)Nc1nc2ccccc2[nH]1. The topological polar surface area (TPSA) is 86.9 Å². The van der Waals surface area contributed by atoms with Gasteiger partial charge in [-0.3, -0.25) is 14.9 Å². The van der Waals surface area contributed by atoms with Gasteiger partial charge < -0.3 is 10.3 Å². The fraction of sp³-hybridized carbons (Fsp3) is 0.316. The van der Waals surface area contributed by atoms with Gasteiger partial charge in [0, 0.05) is 4.88 Å². The number of carbonyl (C=O) groups excluding carboxylic acids is 2. The predicted molar refractivity (Wildman–Crippen MR) is 104 cm³/mol. The summed E-state index contributed by atoms with van der Waals surface area (Å²) in [5, 5.41) is 7.57. The molecule has 3 aromatic rings. The van der Waals surface area contributed by atoms with E-state index in [4.69, 9.17) is 0 Å². The first-order chi connectivity index (χ1) is 12.5. The van der Waals surface area contributed by atoms with Crippen LogP contribution in [0, 0.1) is 5.92 Å². The Morgan fingerprint density at radius 2 is 2.00 bits per heavy atom. The molecule has 1 atom stereocenters. The van der Waals surface area contributed by atoms with E-state index in [0.717, 1.165) is 15.9 Å². The van der Waals surface area contributed by atoms with Crippen LogP contribution in [0.4, 0.5) is 5.95 Å². The first-order valence-corrected chi connectivity index (χ1v) is 9.46. The number of aromatic nitrogens is 2. The smallest absolute Gasteiger partial charge is 0.249 e. The molecule has 0 spiro atoms. The molecule has 3 rings (SSSR count). The number of nitrogens with zero attached hydrogens (tertiary/aromatic N) is 1. The summed E-state index contributed by atoms with van der Waals surface area (Å²) < 4.78 is 0. The molecule has 7 heteroatoms. The van der Waals surface area contributed by atoms with Crippen LogP contribution in [0.3, 0.4) is 0 Å². The fourth-order valence-corrected chi connectivity index (χ4v) is 3.44. The van der Waals surface area contributed by atoms with Crippen molar-refractivity contribution >= 4 is 40.1 Å². The summed E-state index contributed by atoms with van der Waals surface area (Å²) in [5.41, 5.74) is 1.63. The van der Waals surface area contributed by atoms with Crippen LogP contribution in [0.5, 0.6) is 0 Å². The van der Waals surface area contributed by atoms with E-state index in [1.165, 1.54) is 11.3 Å². The largest absolute Gasteiger partial charge is 0.344 e. The molecule has 0 aliphatic rings. The monoisotopic (exact) mass is 370 g/mol. The number of rotatable bonds is 7. The molecule has 0 saturated heterocycles. The Morgan fingerprint density at radius 1 is 1.19 bits per heavy atom. The van der Waals surface area contributed by atoms with Gasteiger partial charge in [-0.2, -0.15) is 0 Å². The second-order valence-electron chi connectivity index (χ2n) is 6.60. The minimum Gasteiger partial charge on any atom is -0.344 e. The molecule has 0 aliphatic carbocycles. The number of hydrogen-bond donors (Lipinski definition) is 3. The zero-order valence-corrected chi connectivity index (χ0v) is 15.6. The Hall–Kier alpha value is -2.67. The average molecular weight is 370 g/mol. The summed E-state index contributed by atoms with van der Waals surface area (Å²) in [6, 6.07) is 10.8. The zero-order valence-electron chi connectivity index (χ0n) is 14.8. The lowest BCUT2D eigenvalue weighted by atomic mass is 10.0. The second kappa shape index (κ2) is 8.14. The quantitative estimate of drug-likeness (QED) is 0.596. The Kier molecular flexibility index (Phi) is 5.68. The van der Waals surface area contributed by atoms with Crippen LogP contribution in [0.15, 0.2) is 41.8 Å². The lowest BCUT2D eigenvalue weighted by Crippen LogP contribution is -2.45. The number of carbonyl (C=O) groups is 2. The standard InChI is InChI=1S/C19H22N4O2S/c1-12(2)10-16(20-17(24)11-13-6-5-9-26-13)18(25)23-19-21-14-7-3-4-8-15(14)22-19/h3-9,12,16H,10-11H2,1-2H3,(H,20,24)(H2,21,22,23,25)/t16-/m1/s1. The zero-order chi connectivity index (χ0) is 18.5. The Labute approximate surface area is 156 Å².